The molecule has 2 aromatic heterocycles. The average molecular weight is 326 g/mol. The van der Waals surface area contributed by atoms with Gasteiger partial charge in [-0.05, 0) is 30.5 Å². The van der Waals surface area contributed by atoms with Crippen molar-refractivity contribution in [2.45, 2.75) is 32.4 Å². The zero-order valence-corrected chi connectivity index (χ0v) is 13.6. The third kappa shape index (κ3) is 2.99. The number of nitrogens with one attached hydrogen (secondary N) is 3. The smallest absolute Gasteiger partial charge is 0.272 e. The maximum absolute atomic E-state index is 12.4. The summed E-state index contributed by atoms with van der Waals surface area (Å²) < 4.78 is 0. The number of carbonyl (C=O) groups is 1. The van der Waals surface area contributed by atoms with Crippen LogP contribution in [0.5, 0.6) is 0 Å². The van der Waals surface area contributed by atoms with Crippen molar-refractivity contribution in [3.8, 4) is 0 Å². The number of nitrogens with zero attached hydrogens (tertiary/aromatic N) is 3. The zero-order chi connectivity index (χ0) is 16.4. The van der Waals surface area contributed by atoms with Gasteiger partial charge < -0.3 is 15.5 Å². The van der Waals surface area contributed by atoms with E-state index in [-0.39, 0.29) is 5.91 Å². The molecule has 0 aliphatic carbocycles. The van der Waals surface area contributed by atoms with Crippen LogP contribution >= 0.6 is 0 Å². The molecule has 0 aromatic carbocycles. The summed E-state index contributed by atoms with van der Waals surface area (Å²) in [4.78, 5) is 19.2. The highest BCUT2D eigenvalue weighted by Gasteiger charge is 2.21. The summed E-state index contributed by atoms with van der Waals surface area (Å²) in [5, 5.41) is 13.4. The molecule has 1 saturated heterocycles. The summed E-state index contributed by atoms with van der Waals surface area (Å²) in [5.41, 5.74) is 3.62. The fraction of sp³-hybridized carbons (Fsp3) is 0.471. The van der Waals surface area contributed by atoms with Gasteiger partial charge in [-0.1, -0.05) is 0 Å². The number of hydrogen-bond donors (Lipinski definition) is 3. The van der Waals surface area contributed by atoms with Crippen molar-refractivity contribution in [3.05, 3.63) is 40.8 Å². The minimum Gasteiger partial charge on any atom is -0.357 e. The van der Waals surface area contributed by atoms with Crippen LogP contribution in [0.2, 0.25) is 0 Å². The Morgan fingerprint density at radius 1 is 1.33 bits per heavy atom. The Bertz CT molecular complexity index is 734. The molecule has 24 heavy (non-hydrogen) atoms. The highest BCUT2D eigenvalue weighted by atomic mass is 16.1. The molecule has 0 atom stereocenters. The highest BCUT2D eigenvalue weighted by molar-refractivity contribution is 5.94. The summed E-state index contributed by atoms with van der Waals surface area (Å²) in [6.45, 7) is 4.23. The molecule has 2 aromatic rings. The van der Waals surface area contributed by atoms with E-state index in [0.717, 1.165) is 48.7 Å². The molecule has 0 radical (unpaired) electrons. The largest absolute Gasteiger partial charge is 0.357 e. The van der Waals surface area contributed by atoms with Gasteiger partial charge in [0.25, 0.3) is 5.91 Å². The first kappa shape index (κ1) is 15.1. The quantitative estimate of drug-likeness (QED) is 0.780. The Labute approximate surface area is 140 Å². The number of H-pyrrole nitrogens is 1. The Morgan fingerprint density at radius 3 is 3.08 bits per heavy atom. The number of aromatic amines is 1. The van der Waals surface area contributed by atoms with Crippen molar-refractivity contribution in [2.75, 3.05) is 24.5 Å². The van der Waals surface area contributed by atoms with Crippen molar-refractivity contribution < 1.29 is 4.79 Å². The maximum Gasteiger partial charge on any atom is 0.272 e. The molecule has 1 fully saturated rings. The first-order chi connectivity index (χ1) is 11.8. The van der Waals surface area contributed by atoms with E-state index in [4.69, 9.17) is 0 Å². The van der Waals surface area contributed by atoms with Gasteiger partial charge in [0.05, 0.1) is 0 Å². The first-order valence-corrected chi connectivity index (χ1v) is 8.56. The van der Waals surface area contributed by atoms with Gasteiger partial charge in [0.15, 0.2) is 5.69 Å². The van der Waals surface area contributed by atoms with Crippen molar-refractivity contribution in [1.82, 2.24) is 25.8 Å². The molecule has 2 aliphatic rings. The van der Waals surface area contributed by atoms with Crippen LogP contribution in [0.4, 0.5) is 5.82 Å². The normalized spacial score (nSPS) is 16.9. The van der Waals surface area contributed by atoms with E-state index in [0.29, 0.717) is 18.8 Å². The number of anilines is 1. The molecule has 1 amide bonds. The summed E-state index contributed by atoms with van der Waals surface area (Å²) in [7, 11) is 0. The van der Waals surface area contributed by atoms with Gasteiger partial charge in [-0.3, -0.25) is 9.89 Å². The molecular weight excluding hydrogens is 304 g/mol. The Hall–Kier alpha value is -2.41. The number of hydrogen-bond acceptors (Lipinski definition) is 5. The van der Waals surface area contributed by atoms with E-state index in [9.17, 15) is 4.79 Å². The van der Waals surface area contributed by atoms with Crippen LogP contribution in [-0.2, 0) is 19.5 Å². The molecule has 0 bridgehead atoms. The van der Waals surface area contributed by atoms with Crippen LogP contribution in [0.3, 0.4) is 0 Å². The van der Waals surface area contributed by atoms with E-state index < -0.39 is 0 Å². The highest BCUT2D eigenvalue weighted by Crippen LogP contribution is 2.19. The number of rotatable bonds is 4. The average Bonchev–Trinajstić information content (AvgIpc) is 3.29. The van der Waals surface area contributed by atoms with Gasteiger partial charge in [0, 0.05) is 56.6 Å². The van der Waals surface area contributed by atoms with Gasteiger partial charge >= 0.3 is 0 Å². The Morgan fingerprint density at radius 2 is 2.21 bits per heavy atom. The van der Waals surface area contributed by atoms with E-state index >= 15 is 0 Å². The Kier molecular flexibility index (Phi) is 4.17. The van der Waals surface area contributed by atoms with Gasteiger partial charge in [-0.2, -0.15) is 5.10 Å². The monoisotopic (exact) mass is 326 g/mol. The SMILES string of the molecule is O=C(NCc1ccnc(N2CCCC2)c1)c1n[nH]c2c1CNCC2. The fourth-order valence-electron chi connectivity index (χ4n) is 3.37. The third-order valence-corrected chi connectivity index (χ3v) is 4.71. The molecule has 2 aliphatic heterocycles. The van der Waals surface area contributed by atoms with Gasteiger partial charge in [0.1, 0.15) is 5.82 Å². The van der Waals surface area contributed by atoms with Crippen LogP contribution in [0.25, 0.3) is 0 Å². The van der Waals surface area contributed by atoms with Gasteiger partial charge in [-0.25, -0.2) is 4.98 Å². The molecule has 0 unspecified atom stereocenters. The van der Waals surface area contributed by atoms with Gasteiger partial charge in [0.2, 0.25) is 0 Å². The molecule has 0 saturated carbocycles. The molecule has 126 valence electrons. The minimum absolute atomic E-state index is 0.129. The second kappa shape index (κ2) is 6.60. The zero-order valence-electron chi connectivity index (χ0n) is 13.6. The molecule has 0 spiro atoms. The van der Waals surface area contributed by atoms with Crippen LogP contribution in [0, 0.1) is 0 Å². The Balaban J connectivity index is 1.42. The van der Waals surface area contributed by atoms with Crippen molar-refractivity contribution in [2.24, 2.45) is 0 Å². The summed E-state index contributed by atoms with van der Waals surface area (Å²) in [6, 6.07) is 4.01. The summed E-state index contributed by atoms with van der Waals surface area (Å²) in [5.74, 6) is 0.872. The first-order valence-electron chi connectivity index (χ1n) is 8.56. The van der Waals surface area contributed by atoms with Crippen molar-refractivity contribution in [1.29, 1.82) is 0 Å². The fourth-order valence-corrected chi connectivity index (χ4v) is 3.37. The van der Waals surface area contributed by atoms with Crippen LogP contribution < -0.4 is 15.5 Å². The number of fused-ring (bicyclic) bond motifs is 1. The molecule has 4 rings (SSSR count). The second-order valence-electron chi connectivity index (χ2n) is 6.36. The summed E-state index contributed by atoms with van der Waals surface area (Å²) >= 11 is 0. The van der Waals surface area contributed by atoms with Crippen LogP contribution in [-0.4, -0.2) is 40.7 Å². The number of amides is 1. The van der Waals surface area contributed by atoms with Crippen LogP contribution in [0.15, 0.2) is 18.3 Å². The molecule has 7 heteroatoms. The molecular formula is C17H22N6O. The molecule has 3 N–H and O–H groups in total. The van der Waals surface area contributed by atoms with E-state index in [1.807, 2.05) is 12.3 Å². The lowest BCUT2D eigenvalue weighted by atomic mass is 10.1. The number of carbonyl (C=O) groups excluding carboxylic acids is 1. The second-order valence-corrected chi connectivity index (χ2v) is 6.36. The minimum atomic E-state index is -0.129. The number of pyridine rings is 1. The topological polar surface area (TPSA) is 85.9 Å². The third-order valence-electron chi connectivity index (χ3n) is 4.71. The predicted molar refractivity (Wildman–Crippen MR) is 90.9 cm³/mol. The lowest BCUT2D eigenvalue weighted by Crippen LogP contribution is -2.28. The van der Waals surface area contributed by atoms with E-state index in [1.165, 1.54) is 12.8 Å². The number of aromatic nitrogens is 3. The van der Waals surface area contributed by atoms with Gasteiger partial charge in [-0.15, -0.1) is 0 Å². The maximum atomic E-state index is 12.4. The molecule has 7 nitrogen and oxygen atoms in total. The molecule has 4 heterocycles. The van der Waals surface area contributed by atoms with Crippen molar-refractivity contribution in [3.63, 3.8) is 0 Å². The lowest BCUT2D eigenvalue weighted by molar-refractivity contribution is 0.0944. The predicted octanol–water partition coefficient (Wildman–Crippen LogP) is 0.981. The van der Waals surface area contributed by atoms with Crippen molar-refractivity contribution >= 4 is 11.7 Å². The lowest BCUT2D eigenvalue weighted by Gasteiger charge is -2.17. The van der Waals surface area contributed by atoms with E-state index in [2.05, 4.69) is 36.8 Å². The van der Waals surface area contributed by atoms with E-state index in [1.54, 1.807) is 0 Å². The van der Waals surface area contributed by atoms with Crippen LogP contribution in [0.1, 0.15) is 40.2 Å². The standard InChI is InChI=1S/C17H22N6O/c24-17(16-13-11-18-5-4-14(13)21-22-16)20-10-12-3-6-19-15(9-12)23-7-1-2-8-23/h3,6,9,18H,1-2,4-5,7-8,10-11H2,(H,20,24)(H,21,22). The summed E-state index contributed by atoms with van der Waals surface area (Å²) in [6.07, 6.45) is 5.15.